The molecule has 0 saturated heterocycles. The van der Waals surface area contributed by atoms with Crippen LogP contribution in [0.4, 0.5) is 13.2 Å². The Morgan fingerprint density at radius 1 is 1.25 bits per heavy atom. The molecule has 1 amide bonds. The molecule has 3 rings (SSSR count). The number of carboxylic acid groups (broad SMARTS) is 1. The van der Waals surface area contributed by atoms with Crippen LogP contribution < -0.4 is 10.1 Å². The van der Waals surface area contributed by atoms with Gasteiger partial charge >= 0.3 is 12.3 Å². The standard InChI is InChI=1S/C16H16F3NO4/c17-16(18,19)24-12-5-2-1-4-9(12)10-8-11(10)13(21)20-15(14(22)23)6-3-7-15/h1-2,4-5,10-11H,3,6-8H2,(H,20,21)(H,22,23)/t10-,11+/m1/s1. The first-order chi connectivity index (χ1) is 11.2. The van der Waals surface area contributed by atoms with Gasteiger partial charge in [0, 0.05) is 5.92 Å². The van der Waals surface area contributed by atoms with Crippen molar-refractivity contribution in [3.05, 3.63) is 29.8 Å². The van der Waals surface area contributed by atoms with E-state index in [1.807, 2.05) is 0 Å². The monoisotopic (exact) mass is 343 g/mol. The van der Waals surface area contributed by atoms with Crippen LogP contribution in [-0.4, -0.2) is 28.9 Å². The Hall–Kier alpha value is -2.25. The van der Waals surface area contributed by atoms with E-state index in [0.29, 0.717) is 24.8 Å². The molecule has 0 radical (unpaired) electrons. The molecule has 2 aliphatic carbocycles. The van der Waals surface area contributed by atoms with Gasteiger partial charge in [-0.3, -0.25) is 4.79 Å². The van der Waals surface area contributed by atoms with Crippen LogP contribution in [0, 0.1) is 5.92 Å². The third-order valence-corrected chi connectivity index (χ3v) is 4.65. The Morgan fingerprint density at radius 2 is 1.92 bits per heavy atom. The minimum atomic E-state index is -4.80. The highest BCUT2D eigenvalue weighted by Crippen LogP contribution is 2.51. The minimum Gasteiger partial charge on any atom is -0.480 e. The van der Waals surface area contributed by atoms with E-state index in [0.717, 1.165) is 6.42 Å². The molecule has 0 unspecified atom stereocenters. The van der Waals surface area contributed by atoms with Crippen LogP contribution >= 0.6 is 0 Å². The zero-order valence-electron chi connectivity index (χ0n) is 12.6. The molecule has 2 atom stereocenters. The molecule has 1 aromatic carbocycles. The Bertz CT molecular complexity index is 670. The predicted molar refractivity (Wildman–Crippen MR) is 76.3 cm³/mol. The first-order valence-corrected chi connectivity index (χ1v) is 7.62. The molecule has 0 heterocycles. The third kappa shape index (κ3) is 3.18. The van der Waals surface area contributed by atoms with Gasteiger partial charge in [-0.1, -0.05) is 18.2 Å². The van der Waals surface area contributed by atoms with Crippen molar-refractivity contribution in [2.24, 2.45) is 5.92 Å². The molecular weight excluding hydrogens is 327 g/mol. The van der Waals surface area contributed by atoms with E-state index in [4.69, 9.17) is 0 Å². The smallest absolute Gasteiger partial charge is 0.480 e. The quantitative estimate of drug-likeness (QED) is 0.862. The van der Waals surface area contributed by atoms with Crippen LogP contribution in [0.3, 0.4) is 0 Å². The fourth-order valence-corrected chi connectivity index (χ4v) is 3.08. The lowest BCUT2D eigenvalue weighted by atomic mass is 9.76. The van der Waals surface area contributed by atoms with Gasteiger partial charge in [0.05, 0.1) is 0 Å². The first-order valence-electron chi connectivity index (χ1n) is 7.62. The zero-order chi connectivity index (χ0) is 17.5. The van der Waals surface area contributed by atoms with E-state index < -0.39 is 35.6 Å². The lowest BCUT2D eigenvalue weighted by Gasteiger charge is -2.38. The maximum atomic E-state index is 12.5. The summed E-state index contributed by atoms with van der Waals surface area (Å²) < 4.78 is 41.4. The van der Waals surface area contributed by atoms with Gasteiger partial charge < -0.3 is 15.2 Å². The molecular formula is C16H16F3NO4. The Kier molecular flexibility index (Phi) is 3.93. The van der Waals surface area contributed by atoms with Gasteiger partial charge in [-0.15, -0.1) is 13.2 Å². The Balaban J connectivity index is 1.69. The van der Waals surface area contributed by atoms with Gasteiger partial charge in [-0.05, 0) is 43.2 Å². The second kappa shape index (κ2) is 5.68. The van der Waals surface area contributed by atoms with E-state index in [9.17, 15) is 27.9 Å². The average molecular weight is 343 g/mol. The number of amides is 1. The molecule has 24 heavy (non-hydrogen) atoms. The number of aliphatic carboxylic acids is 1. The summed E-state index contributed by atoms with van der Waals surface area (Å²) in [7, 11) is 0. The summed E-state index contributed by atoms with van der Waals surface area (Å²) in [6.45, 7) is 0. The summed E-state index contributed by atoms with van der Waals surface area (Å²) in [5, 5.41) is 11.8. The van der Waals surface area contributed by atoms with Crippen LogP contribution in [0.25, 0.3) is 0 Å². The minimum absolute atomic E-state index is 0.313. The molecule has 130 valence electrons. The van der Waals surface area contributed by atoms with Crippen molar-refractivity contribution < 1.29 is 32.6 Å². The third-order valence-electron chi connectivity index (χ3n) is 4.65. The molecule has 0 aliphatic heterocycles. The van der Waals surface area contributed by atoms with Crippen LogP contribution in [0.2, 0.25) is 0 Å². The Labute approximate surface area is 135 Å². The summed E-state index contributed by atoms with van der Waals surface area (Å²) >= 11 is 0. The maximum absolute atomic E-state index is 12.5. The van der Waals surface area contributed by atoms with Crippen LogP contribution in [0.5, 0.6) is 5.75 Å². The SMILES string of the molecule is O=C(NC1(C(=O)O)CCC1)[C@H]1C[C@@H]1c1ccccc1OC(F)(F)F. The summed E-state index contributed by atoms with van der Waals surface area (Å²) in [5.74, 6) is -2.74. The molecule has 0 bridgehead atoms. The number of nitrogens with one attached hydrogen (secondary N) is 1. The van der Waals surface area contributed by atoms with E-state index >= 15 is 0 Å². The second-order valence-corrected chi connectivity index (χ2v) is 6.26. The molecule has 0 spiro atoms. The summed E-state index contributed by atoms with van der Waals surface area (Å²) in [4.78, 5) is 23.5. The highest BCUT2D eigenvalue weighted by molar-refractivity contribution is 5.90. The fourth-order valence-electron chi connectivity index (χ4n) is 3.08. The number of ether oxygens (including phenoxy) is 1. The fraction of sp³-hybridized carbons (Fsp3) is 0.500. The topological polar surface area (TPSA) is 75.6 Å². The number of para-hydroxylation sites is 1. The first kappa shape index (κ1) is 16.6. The number of carbonyl (C=O) groups excluding carboxylic acids is 1. The lowest BCUT2D eigenvalue weighted by molar-refractivity contribution is -0.274. The van der Waals surface area contributed by atoms with Gasteiger partial charge in [0.1, 0.15) is 11.3 Å². The molecule has 0 aromatic heterocycles. The molecule has 2 aliphatic rings. The molecule has 2 N–H and O–H groups in total. The van der Waals surface area contributed by atoms with Crippen molar-refractivity contribution >= 4 is 11.9 Å². The number of alkyl halides is 3. The van der Waals surface area contributed by atoms with Crippen LogP contribution in [0.1, 0.15) is 37.2 Å². The summed E-state index contributed by atoms with van der Waals surface area (Å²) in [6.07, 6.45) is -2.96. The maximum Gasteiger partial charge on any atom is 0.573 e. The second-order valence-electron chi connectivity index (χ2n) is 6.26. The van der Waals surface area contributed by atoms with Crippen molar-refractivity contribution in [1.82, 2.24) is 5.32 Å². The Morgan fingerprint density at radius 3 is 2.46 bits per heavy atom. The van der Waals surface area contributed by atoms with Gasteiger partial charge in [0.25, 0.3) is 0 Å². The van der Waals surface area contributed by atoms with Crippen molar-refractivity contribution in [3.8, 4) is 5.75 Å². The number of hydrogen-bond acceptors (Lipinski definition) is 3. The predicted octanol–water partition coefficient (Wildman–Crippen LogP) is 2.81. The molecule has 2 saturated carbocycles. The van der Waals surface area contributed by atoms with E-state index in [2.05, 4.69) is 10.1 Å². The number of carbonyl (C=O) groups is 2. The molecule has 1 aromatic rings. The van der Waals surface area contributed by atoms with Crippen molar-refractivity contribution in [3.63, 3.8) is 0 Å². The summed E-state index contributed by atoms with van der Waals surface area (Å²) in [5.41, 5.74) is -0.903. The number of rotatable bonds is 5. The van der Waals surface area contributed by atoms with Crippen molar-refractivity contribution in [2.45, 2.75) is 43.5 Å². The van der Waals surface area contributed by atoms with Crippen molar-refractivity contribution in [1.29, 1.82) is 0 Å². The molecule has 2 fully saturated rings. The van der Waals surface area contributed by atoms with Crippen LogP contribution in [-0.2, 0) is 9.59 Å². The van der Waals surface area contributed by atoms with Gasteiger partial charge in [0.2, 0.25) is 5.91 Å². The number of carboxylic acids is 1. The normalized spacial score (nSPS) is 24.6. The van der Waals surface area contributed by atoms with Gasteiger partial charge in [-0.2, -0.15) is 0 Å². The molecule has 8 heteroatoms. The number of benzene rings is 1. The number of hydrogen-bond donors (Lipinski definition) is 2. The highest BCUT2D eigenvalue weighted by atomic mass is 19.4. The zero-order valence-corrected chi connectivity index (χ0v) is 12.6. The van der Waals surface area contributed by atoms with E-state index in [1.54, 1.807) is 6.07 Å². The van der Waals surface area contributed by atoms with Gasteiger partial charge in [-0.25, -0.2) is 4.79 Å². The largest absolute Gasteiger partial charge is 0.573 e. The number of halogens is 3. The average Bonchev–Trinajstić information content (AvgIpc) is 3.21. The van der Waals surface area contributed by atoms with E-state index in [1.165, 1.54) is 18.2 Å². The molecule has 5 nitrogen and oxygen atoms in total. The van der Waals surface area contributed by atoms with Crippen LogP contribution in [0.15, 0.2) is 24.3 Å². The summed E-state index contributed by atoms with van der Waals surface area (Å²) in [6, 6.07) is 5.71. The lowest BCUT2D eigenvalue weighted by Crippen LogP contribution is -2.59. The highest BCUT2D eigenvalue weighted by Gasteiger charge is 2.51. The van der Waals surface area contributed by atoms with E-state index in [-0.39, 0.29) is 5.75 Å². The van der Waals surface area contributed by atoms with Crippen molar-refractivity contribution in [2.75, 3.05) is 0 Å². The van der Waals surface area contributed by atoms with Gasteiger partial charge in [0.15, 0.2) is 0 Å².